The van der Waals surface area contributed by atoms with Gasteiger partial charge in [0.25, 0.3) is 0 Å². The van der Waals surface area contributed by atoms with Crippen molar-refractivity contribution in [3.63, 3.8) is 0 Å². The highest BCUT2D eigenvalue weighted by molar-refractivity contribution is 7.09. The summed E-state index contributed by atoms with van der Waals surface area (Å²) in [4.78, 5) is 8.41. The third-order valence-electron chi connectivity index (χ3n) is 3.47. The van der Waals surface area contributed by atoms with Crippen molar-refractivity contribution in [2.45, 2.75) is 32.0 Å². The second-order valence-corrected chi connectivity index (χ2v) is 6.05. The first kappa shape index (κ1) is 12.6. The van der Waals surface area contributed by atoms with Gasteiger partial charge in [-0.05, 0) is 35.9 Å². The largest absolute Gasteiger partial charge is 0.373 e. The summed E-state index contributed by atoms with van der Waals surface area (Å²) in [7, 11) is 1.90. The number of anilines is 1. The van der Waals surface area contributed by atoms with Crippen molar-refractivity contribution in [3.05, 3.63) is 46.3 Å². The fourth-order valence-electron chi connectivity index (χ4n) is 2.26. The molecule has 1 fully saturated rings. The Morgan fingerprint density at radius 1 is 1.32 bits per heavy atom. The van der Waals surface area contributed by atoms with Crippen molar-refractivity contribution >= 4 is 17.2 Å². The Morgan fingerprint density at radius 2 is 2.21 bits per heavy atom. The minimum absolute atomic E-state index is 0.770. The summed E-state index contributed by atoms with van der Waals surface area (Å²) in [5.74, 6) is 0.931. The summed E-state index contributed by atoms with van der Waals surface area (Å²) in [5, 5.41) is 5.21. The van der Waals surface area contributed by atoms with Gasteiger partial charge in [-0.1, -0.05) is 12.1 Å². The Morgan fingerprint density at radius 3 is 2.79 bits per heavy atom. The number of aromatic nitrogens is 1. The lowest BCUT2D eigenvalue weighted by atomic mass is 10.2. The molecule has 0 unspecified atom stereocenters. The second kappa shape index (κ2) is 5.72. The molecule has 1 saturated carbocycles. The van der Waals surface area contributed by atoms with Crippen molar-refractivity contribution in [2.24, 2.45) is 0 Å². The molecule has 4 heteroatoms. The Kier molecular flexibility index (Phi) is 3.80. The molecular formula is C15H19N3S. The van der Waals surface area contributed by atoms with E-state index in [1.807, 2.05) is 30.6 Å². The average Bonchev–Trinajstić information content (AvgIpc) is 3.17. The summed E-state index contributed by atoms with van der Waals surface area (Å²) in [6.45, 7) is 2.07. The van der Waals surface area contributed by atoms with E-state index in [1.165, 1.54) is 23.3 Å². The molecule has 0 aromatic carbocycles. The van der Waals surface area contributed by atoms with E-state index in [0.717, 1.165) is 24.9 Å². The molecule has 2 heterocycles. The zero-order valence-electron chi connectivity index (χ0n) is 11.2. The van der Waals surface area contributed by atoms with Crippen LogP contribution in [0.1, 0.15) is 23.3 Å². The standard InChI is InChI=1S/C15H19N3S/c1-16-15-7-4-12(9-17-15)10-18(13-5-6-13)11-14-3-2-8-19-14/h2-4,7-9,13H,5-6,10-11H2,1H3,(H,16,17). The van der Waals surface area contributed by atoms with Crippen LogP contribution in [0.3, 0.4) is 0 Å². The predicted molar refractivity (Wildman–Crippen MR) is 80.4 cm³/mol. The summed E-state index contributed by atoms with van der Waals surface area (Å²) in [6.07, 6.45) is 4.66. The van der Waals surface area contributed by atoms with Crippen LogP contribution in [-0.4, -0.2) is 23.0 Å². The van der Waals surface area contributed by atoms with Gasteiger partial charge >= 0.3 is 0 Å². The second-order valence-electron chi connectivity index (χ2n) is 5.02. The molecule has 0 spiro atoms. The van der Waals surface area contributed by atoms with E-state index >= 15 is 0 Å². The average molecular weight is 273 g/mol. The molecule has 0 atom stereocenters. The van der Waals surface area contributed by atoms with Crippen molar-refractivity contribution < 1.29 is 0 Å². The third kappa shape index (κ3) is 3.33. The minimum atomic E-state index is 0.770. The van der Waals surface area contributed by atoms with Crippen LogP contribution in [0.4, 0.5) is 5.82 Å². The molecule has 0 amide bonds. The van der Waals surface area contributed by atoms with E-state index in [1.54, 1.807) is 0 Å². The van der Waals surface area contributed by atoms with Gasteiger partial charge in [0.1, 0.15) is 5.82 Å². The van der Waals surface area contributed by atoms with Crippen LogP contribution in [0.25, 0.3) is 0 Å². The van der Waals surface area contributed by atoms with Gasteiger partial charge < -0.3 is 5.32 Å². The molecule has 1 aliphatic carbocycles. The highest BCUT2D eigenvalue weighted by atomic mass is 32.1. The van der Waals surface area contributed by atoms with Gasteiger partial charge in [-0.15, -0.1) is 11.3 Å². The maximum absolute atomic E-state index is 4.39. The lowest BCUT2D eigenvalue weighted by Crippen LogP contribution is -2.24. The van der Waals surface area contributed by atoms with Gasteiger partial charge in [0.05, 0.1) is 0 Å². The summed E-state index contributed by atoms with van der Waals surface area (Å²) in [6, 6.07) is 9.34. The Bertz CT molecular complexity index is 503. The third-order valence-corrected chi connectivity index (χ3v) is 4.33. The first-order chi connectivity index (χ1) is 9.35. The van der Waals surface area contributed by atoms with Crippen molar-refractivity contribution in [1.82, 2.24) is 9.88 Å². The smallest absolute Gasteiger partial charge is 0.125 e. The maximum Gasteiger partial charge on any atom is 0.125 e. The van der Waals surface area contributed by atoms with Gasteiger partial charge in [0.15, 0.2) is 0 Å². The summed E-state index contributed by atoms with van der Waals surface area (Å²) in [5.41, 5.74) is 1.29. The van der Waals surface area contributed by atoms with Gasteiger partial charge in [-0.3, -0.25) is 4.90 Å². The predicted octanol–water partition coefficient (Wildman–Crippen LogP) is 3.35. The van der Waals surface area contributed by atoms with E-state index in [2.05, 4.69) is 38.8 Å². The Labute approximate surface area is 118 Å². The van der Waals surface area contributed by atoms with Gasteiger partial charge in [-0.25, -0.2) is 4.98 Å². The van der Waals surface area contributed by atoms with Crippen LogP contribution in [0.5, 0.6) is 0 Å². The van der Waals surface area contributed by atoms with E-state index < -0.39 is 0 Å². The molecular weight excluding hydrogens is 254 g/mol. The van der Waals surface area contributed by atoms with E-state index in [0.29, 0.717) is 0 Å². The molecule has 2 aromatic heterocycles. The van der Waals surface area contributed by atoms with Gasteiger partial charge in [0, 0.05) is 37.3 Å². The van der Waals surface area contributed by atoms with Crippen molar-refractivity contribution in [2.75, 3.05) is 12.4 Å². The summed E-state index contributed by atoms with van der Waals surface area (Å²) >= 11 is 1.85. The van der Waals surface area contributed by atoms with Crippen molar-refractivity contribution in [3.8, 4) is 0 Å². The molecule has 1 N–H and O–H groups in total. The van der Waals surface area contributed by atoms with Crippen LogP contribution < -0.4 is 5.32 Å². The number of thiophene rings is 1. The number of hydrogen-bond donors (Lipinski definition) is 1. The van der Waals surface area contributed by atoms with Crippen molar-refractivity contribution in [1.29, 1.82) is 0 Å². The monoisotopic (exact) mass is 273 g/mol. The normalized spacial score (nSPS) is 14.8. The minimum Gasteiger partial charge on any atom is -0.373 e. The van der Waals surface area contributed by atoms with Gasteiger partial charge in [0.2, 0.25) is 0 Å². The quantitative estimate of drug-likeness (QED) is 0.875. The molecule has 0 radical (unpaired) electrons. The number of nitrogens with zero attached hydrogens (tertiary/aromatic N) is 2. The summed E-state index contributed by atoms with van der Waals surface area (Å²) < 4.78 is 0. The number of rotatable bonds is 6. The fraction of sp³-hybridized carbons (Fsp3) is 0.400. The number of nitrogens with one attached hydrogen (secondary N) is 1. The number of pyridine rings is 1. The van der Waals surface area contributed by atoms with Crippen LogP contribution in [0, 0.1) is 0 Å². The first-order valence-electron chi connectivity index (χ1n) is 6.74. The molecule has 19 heavy (non-hydrogen) atoms. The molecule has 3 rings (SSSR count). The lowest BCUT2D eigenvalue weighted by Gasteiger charge is -2.21. The van der Waals surface area contributed by atoms with E-state index in [9.17, 15) is 0 Å². The molecule has 0 saturated heterocycles. The Hall–Kier alpha value is -1.39. The van der Waals surface area contributed by atoms with Crippen LogP contribution in [0.2, 0.25) is 0 Å². The molecule has 0 aliphatic heterocycles. The van der Waals surface area contributed by atoms with Crippen LogP contribution >= 0.6 is 11.3 Å². The van der Waals surface area contributed by atoms with Gasteiger partial charge in [-0.2, -0.15) is 0 Å². The van der Waals surface area contributed by atoms with Crippen LogP contribution in [-0.2, 0) is 13.1 Å². The molecule has 1 aliphatic rings. The topological polar surface area (TPSA) is 28.2 Å². The zero-order valence-corrected chi connectivity index (χ0v) is 12.0. The first-order valence-corrected chi connectivity index (χ1v) is 7.62. The maximum atomic E-state index is 4.39. The molecule has 2 aromatic rings. The molecule has 100 valence electrons. The highest BCUT2D eigenvalue weighted by Crippen LogP contribution is 2.30. The lowest BCUT2D eigenvalue weighted by molar-refractivity contribution is 0.248. The SMILES string of the molecule is CNc1ccc(CN(Cc2cccs2)C2CC2)cn1. The molecule has 3 nitrogen and oxygen atoms in total. The number of hydrogen-bond acceptors (Lipinski definition) is 4. The fourth-order valence-corrected chi connectivity index (χ4v) is 2.99. The van der Waals surface area contributed by atoms with E-state index in [4.69, 9.17) is 0 Å². The highest BCUT2D eigenvalue weighted by Gasteiger charge is 2.29. The Balaban J connectivity index is 1.66. The molecule has 0 bridgehead atoms. The van der Waals surface area contributed by atoms with Crippen LogP contribution in [0.15, 0.2) is 35.8 Å². The van der Waals surface area contributed by atoms with E-state index in [-0.39, 0.29) is 0 Å². The zero-order chi connectivity index (χ0) is 13.1.